The Labute approximate surface area is 118 Å². The molecule has 1 aromatic heterocycles. The van der Waals surface area contributed by atoms with Crippen molar-refractivity contribution in [3.63, 3.8) is 0 Å². The zero-order valence-electron chi connectivity index (χ0n) is 11.1. The lowest BCUT2D eigenvalue weighted by Crippen LogP contribution is -2.35. The average molecular weight is 279 g/mol. The third-order valence-electron chi connectivity index (χ3n) is 3.07. The molecule has 1 heterocycles. The van der Waals surface area contributed by atoms with Gasteiger partial charge in [0.2, 0.25) is 11.4 Å². The van der Waals surface area contributed by atoms with Crippen molar-refractivity contribution in [3.8, 4) is 11.5 Å². The second-order valence-electron chi connectivity index (χ2n) is 4.28. The molecular weight excluding hydrogens is 262 g/mol. The molecule has 0 bridgehead atoms. The number of aromatic nitrogens is 1. The Hall–Kier alpha value is -1.74. The average Bonchev–Trinajstić information content (AvgIpc) is 2.40. The highest BCUT2D eigenvalue weighted by molar-refractivity contribution is 6.31. The lowest BCUT2D eigenvalue weighted by molar-refractivity contribution is -0.699. The summed E-state index contributed by atoms with van der Waals surface area (Å²) in [6.45, 7) is 5.13. The topological polar surface area (TPSA) is 33.3 Å². The number of pyridine rings is 1. The Morgan fingerprint density at radius 1 is 1.26 bits per heavy atom. The van der Waals surface area contributed by atoms with Crippen LogP contribution in [-0.2, 0) is 13.2 Å². The summed E-state index contributed by atoms with van der Waals surface area (Å²) in [7, 11) is 0. The van der Waals surface area contributed by atoms with E-state index in [1.54, 1.807) is 6.07 Å². The summed E-state index contributed by atoms with van der Waals surface area (Å²) in [5.74, 6) is 0.651. The minimum absolute atomic E-state index is 0.147. The van der Waals surface area contributed by atoms with Gasteiger partial charge in [-0.15, -0.1) is 0 Å². The Bertz CT molecular complexity index is 584. The first kappa shape index (κ1) is 13.7. The van der Waals surface area contributed by atoms with Crippen LogP contribution in [0.3, 0.4) is 0 Å². The van der Waals surface area contributed by atoms with Crippen LogP contribution in [0.4, 0.5) is 0 Å². The number of hydrogen-bond donors (Lipinski definition) is 1. The highest BCUT2D eigenvalue weighted by Gasteiger charge is 2.16. The van der Waals surface area contributed by atoms with Crippen molar-refractivity contribution in [1.29, 1.82) is 0 Å². The molecule has 0 saturated carbocycles. The monoisotopic (exact) mass is 278 g/mol. The summed E-state index contributed by atoms with van der Waals surface area (Å²) in [4.78, 5) is 0. The minimum atomic E-state index is 0.147. The molecule has 4 heteroatoms. The second-order valence-corrected chi connectivity index (χ2v) is 4.69. The Kier molecular flexibility index (Phi) is 4.27. The van der Waals surface area contributed by atoms with Gasteiger partial charge in [0.05, 0.1) is 0 Å². The molecule has 1 aromatic carbocycles. The maximum Gasteiger partial charge on any atom is 0.229 e. The second kappa shape index (κ2) is 5.93. The predicted molar refractivity (Wildman–Crippen MR) is 74.5 cm³/mol. The van der Waals surface area contributed by atoms with Gasteiger partial charge in [0, 0.05) is 23.6 Å². The van der Waals surface area contributed by atoms with Gasteiger partial charge in [0.1, 0.15) is 13.2 Å². The molecule has 0 aliphatic carbocycles. The lowest BCUT2D eigenvalue weighted by Gasteiger charge is -2.10. The quantitative estimate of drug-likeness (QED) is 0.871. The van der Waals surface area contributed by atoms with Crippen molar-refractivity contribution in [3.05, 3.63) is 52.8 Å². The van der Waals surface area contributed by atoms with Gasteiger partial charge in [0.15, 0.2) is 11.9 Å². The maximum absolute atomic E-state index is 9.89. The van der Waals surface area contributed by atoms with Gasteiger partial charge < -0.3 is 9.84 Å². The Morgan fingerprint density at radius 3 is 2.68 bits per heavy atom. The van der Waals surface area contributed by atoms with E-state index in [0.29, 0.717) is 17.4 Å². The van der Waals surface area contributed by atoms with Crippen molar-refractivity contribution in [2.75, 3.05) is 0 Å². The van der Waals surface area contributed by atoms with Gasteiger partial charge >= 0.3 is 0 Å². The first-order valence-corrected chi connectivity index (χ1v) is 6.59. The lowest BCUT2D eigenvalue weighted by atomic mass is 10.2. The van der Waals surface area contributed by atoms with E-state index in [4.69, 9.17) is 16.3 Å². The first-order chi connectivity index (χ1) is 9.13. The smallest absolute Gasteiger partial charge is 0.229 e. The first-order valence-electron chi connectivity index (χ1n) is 6.21. The van der Waals surface area contributed by atoms with E-state index in [1.165, 1.54) is 0 Å². The minimum Gasteiger partial charge on any atom is -0.504 e. The van der Waals surface area contributed by atoms with E-state index in [0.717, 1.165) is 17.8 Å². The molecule has 0 aliphatic heterocycles. The molecular formula is C15H17ClNO2+. The molecule has 2 aromatic rings. The number of aryl methyl sites for hydroxylation is 1. The van der Waals surface area contributed by atoms with Crippen LogP contribution in [0, 0.1) is 6.92 Å². The number of ether oxygens (including phenoxy) is 1. The normalized spacial score (nSPS) is 10.5. The Morgan fingerprint density at radius 2 is 2.00 bits per heavy atom. The maximum atomic E-state index is 9.89. The molecule has 0 fully saturated rings. The van der Waals surface area contributed by atoms with E-state index in [-0.39, 0.29) is 5.75 Å². The summed E-state index contributed by atoms with van der Waals surface area (Å²) in [5, 5.41) is 10.6. The van der Waals surface area contributed by atoms with Gasteiger partial charge in [-0.25, -0.2) is 0 Å². The molecule has 0 spiro atoms. The summed E-state index contributed by atoms with van der Waals surface area (Å²) in [5.41, 5.74) is 1.80. The van der Waals surface area contributed by atoms with Gasteiger partial charge in [-0.3, -0.25) is 0 Å². The largest absolute Gasteiger partial charge is 0.504 e. The fraction of sp³-hybridized carbons (Fsp3) is 0.267. The van der Waals surface area contributed by atoms with E-state index in [2.05, 4.69) is 0 Å². The Balaban J connectivity index is 2.22. The molecule has 1 N–H and O–H groups in total. The number of benzene rings is 1. The van der Waals surface area contributed by atoms with Crippen LogP contribution in [0.15, 0.2) is 36.5 Å². The van der Waals surface area contributed by atoms with E-state index >= 15 is 0 Å². The summed E-state index contributed by atoms with van der Waals surface area (Å²) in [6, 6.07) is 9.16. The zero-order valence-corrected chi connectivity index (χ0v) is 11.8. The fourth-order valence-corrected chi connectivity index (χ4v) is 2.14. The summed E-state index contributed by atoms with van der Waals surface area (Å²) < 4.78 is 7.74. The SMILES string of the molecule is CC[n+]1ccc(O)c(OCc2ccccc2Cl)c1C. The molecule has 0 unspecified atom stereocenters. The standard InChI is InChI=1S/C15H16ClNO2/c1-3-17-9-8-14(18)15(11(17)2)19-10-12-6-4-5-7-13(12)16/h4-9H,3,10H2,1-2H3/p+1. The van der Waals surface area contributed by atoms with E-state index in [1.807, 2.05) is 48.9 Å². The van der Waals surface area contributed by atoms with Crippen LogP contribution in [-0.4, -0.2) is 5.11 Å². The van der Waals surface area contributed by atoms with Gasteiger partial charge in [-0.05, 0) is 13.0 Å². The van der Waals surface area contributed by atoms with Crippen LogP contribution in [0.2, 0.25) is 5.02 Å². The zero-order chi connectivity index (χ0) is 13.8. The number of nitrogens with zero attached hydrogens (tertiary/aromatic N) is 1. The van der Waals surface area contributed by atoms with Crippen LogP contribution in [0.5, 0.6) is 11.5 Å². The molecule has 0 saturated heterocycles. The summed E-state index contributed by atoms with van der Waals surface area (Å²) in [6.07, 6.45) is 1.84. The van der Waals surface area contributed by atoms with Crippen molar-refractivity contribution in [2.24, 2.45) is 0 Å². The number of rotatable bonds is 4. The predicted octanol–water partition coefficient (Wildman–Crippen LogP) is 3.24. The highest BCUT2D eigenvalue weighted by atomic mass is 35.5. The highest BCUT2D eigenvalue weighted by Crippen LogP contribution is 2.28. The van der Waals surface area contributed by atoms with Gasteiger partial charge in [0.25, 0.3) is 0 Å². The molecule has 0 radical (unpaired) electrons. The fourth-order valence-electron chi connectivity index (χ4n) is 1.95. The number of aromatic hydroxyl groups is 1. The van der Waals surface area contributed by atoms with Crippen LogP contribution in [0.25, 0.3) is 0 Å². The number of hydrogen-bond acceptors (Lipinski definition) is 2. The molecule has 100 valence electrons. The van der Waals surface area contributed by atoms with E-state index in [9.17, 15) is 5.11 Å². The van der Waals surface area contributed by atoms with Crippen LogP contribution >= 0.6 is 11.6 Å². The van der Waals surface area contributed by atoms with Gasteiger partial charge in [-0.1, -0.05) is 29.8 Å². The van der Waals surface area contributed by atoms with Crippen molar-refractivity contribution >= 4 is 11.6 Å². The summed E-state index contributed by atoms with van der Waals surface area (Å²) >= 11 is 6.08. The van der Waals surface area contributed by atoms with Crippen LogP contribution < -0.4 is 9.30 Å². The third-order valence-corrected chi connectivity index (χ3v) is 3.44. The van der Waals surface area contributed by atoms with E-state index < -0.39 is 0 Å². The molecule has 19 heavy (non-hydrogen) atoms. The number of halogens is 1. The van der Waals surface area contributed by atoms with Gasteiger partial charge in [-0.2, -0.15) is 4.57 Å². The molecule has 3 nitrogen and oxygen atoms in total. The van der Waals surface area contributed by atoms with Crippen molar-refractivity contribution < 1.29 is 14.4 Å². The molecule has 0 aliphatic rings. The molecule has 0 amide bonds. The molecule has 2 rings (SSSR count). The van der Waals surface area contributed by atoms with Crippen molar-refractivity contribution in [2.45, 2.75) is 27.0 Å². The van der Waals surface area contributed by atoms with Crippen molar-refractivity contribution in [1.82, 2.24) is 0 Å². The molecule has 0 atom stereocenters. The van der Waals surface area contributed by atoms with Crippen LogP contribution in [0.1, 0.15) is 18.2 Å². The third kappa shape index (κ3) is 2.99.